The van der Waals surface area contributed by atoms with Crippen LogP contribution in [-0.2, 0) is 9.59 Å². The Bertz CT molecular complexity index is 975. The number of benzene rings is 1. The van der Waals surface area contributed by atoms with Crippen molar-refractivity contribution in [3.63, 3.8) is 0 Å². The number of rotatable bonds is 1. The molecule has 9 heteroatoms. The second kappa shape index (κ2) is 7.49. The standard InChI is InChI=1S/C17H16N2O2.C2HF3O2/c20-17(21)13-6-12-3-1-2-10-8-15-11(4-5-18-15)7-14(10)16(12)19-9-13;3-2(4,5)1(6)7/h1-2,4-5,7-8,12-13,18H,3,6,9H2,(H,20,21);(H,6,7). The lowest BCUT2D eigenvalue weighted by atomic mass is 9.83. The molecule has 0 amide bonds. The zero-order valence-electron chi connectivity index (χ0n) is 14.5. The zero-order chi connectivity index (χ0) is 20.5. The first-order valence-electron chi connectivity index (χ1n) is 8.52. The van der Waals surface area contributed by atoms with Crippen LogP contribution in [0.3, 0.4) is 0 Å². The van der Waals surface area contributed by atoms with Crippen LogP contribution in [0.1, 0.15) is 24.0 Å². The minimum absolute atomic E-state index is 0.216. The number of carbonyl (C=O) groups is 2. The number of carboxylic acid groups (broad SMARTS) is 2. The fraction of sp³-hybridized carbons (Fsp3) is 0.316. The number of allylic oxidation sites excluding steroid dienone is 1. The smallest absolute Gasteiger partial charge is 0.481 e. The molecule has 2 unspecified atom stereocenters. The van der Waals surface area contributed by atoms with Crippen molar-refractivity contribution >= 4 is 34.6 Å². The summed E-state index contributed by atoms with van der Waals surface area (Å²) in [6.07, 6.45) is 2.68. The molecule has 148 valence electrons. The average Bonchev–Trinajstić information content (AvgIpc) is 3.00. The first kappa shape index (κ1) is 19.7. The van der Waals surface area contributed by atoms with E-state index in [9.17, 15) is 23.1 Å². The maximum Gasteiger partial charge on any atom is 0.490 e. The van der Waals surface area contributed by atoms with Gasteiger partial charge in [-0.15, -0.1) is 0 Å². The largest absolute Gasteiger partial charge is 0.490 e. The molecular weight excluding hydrogens is 377 g/mol. The predicted octanol–water partition coefficient (Wildman–Crippen LogP) is 3.73. The summed E-state index contributed by atoms with van der Waals surface area (Å²) in [5.41, 5.74) is 4.52. The van der Waals surface area contributed by atoms with Gasteiger partial charge in [0.2, 0.25) is 0 Å². The summed E-state index contributed by atoms with van der Waals surface area (Å²) >= 11 is 0. The van der Waals surface area contributed by atoms with Gasteiger partial charge >= 0.3 is 18.1 Å². The summed E-state index contributed by atoms with van der Waals surface area (Å²) in [5, 5.41) is 17.5. The second-order valence-electron chi connectivity index (χ2n) is 6.64. The summed E-state index contributed by atoms with van der Waals surface area (Å²) in [6, 6.07) is 6.38. The molecule has 2 heterocycles. The third-order valence-corrected chi connectivity index (χ3v) is 4.75. The number of halogens is 3. The Morgan fingerprint density at radius 2 is 1.93 bits per heavy atom. The van der Waals surface area contributed by atoms with Crippen LogP contribution in [0, 0.1) is 11.8 Å². The van der Waals surface area contributed by atoms with E-state index in [1.807, 2.05) is 6.20 Å². The van der Waals surface area contributed by atoms with E-state index in [4.69, 9.17) is 9.90 Å². The third kappa shape index (κ3) is 4.08. The van der Waals surface area contributed by atoms with Gasteiger partial charge in [0.1, 0.15) is 0 Å². The molecule has 4 rings (SSSR count). The molecule has 2 atom stereocenters. The van der Waals surface area contributed by atoms with E-state index >= 15 is 0 Å². The van der Waals surface area contributed by atoms with Crippen molar-refractivity contribution in [3.05, 3.63) is 41.6 Å². The van der Waals surface area contributed by atoms with E-state index in [1.54, 1.807) is 0 Å². The number of H-pyrrole nitrogens is 1. The van der Waals surface area contributed by atoms with Crippen molar-refractivity contribution in [3.8, 4) is 0 Å². The molecule has 0 radical (unpaired) electrons. The summed E-state index contributed by atoms with van der Waals surface area (Å²) in [4.78, 5) is 28.0. The van der Waals surface area contributed by atoms with Crippen molar-refractivity contribution < 1.29 is 33.0 Å². The highest BCUT2D eigenvalue weighted by Crippen LogP contribution is 2.33. The number of nitrogens with one attached hydrogen (secondary N) is 1. The quantitative estimate of drug-likeness (QED) is 0.686. The van der Waals surface area contributed by atoms with Gasteiger partial charge in [0.25, 0.3) is 0 Å². The molecule has 1 aromatic heterocycles. The highest BCUT2D eigenvalue weighted by Gasteiger charge is 2.38. The van der Waals surface area contributed by atoms with Gasteiger partial charge in [-0.05, 0) is 36.6 Å². The lowest BCUT2D eigenvalue weighted by molar-refractivity contribution is -0.192. The molecule has 28 heavy (non-hydrogen) atoms. The molecule has 1 aliphatic carbocycles. The molecule has 3 N–H and O–H groups in total. The minimum Gasteiger partial charge on any atom is -0.481 e. The zero-order valence-corrected chi connectivity index (χ0v) is 14.5. The number of aromatic amines is 1. The number of carboxylic acids is 2. The molecule has 2 aliphatic rings. The van der Waals surface area contributed by atoms with Gasteiger partial charge in [-0.25, -0.2) is 4.79 Å². The van der Waals surface area contributed by atoms with Crippen LogP contribution < -0.4 is 0 Å². The normalized spacial score (nSPS) is 20.9. The second-order valence-corrected chi connectivity index (χ2v) is 6.64. The highest BCUT2D eigenvalue weighted by molar-refractivity contribution is 6.09. The number of hydrogen-bond acceptors (Lipinski definition) is 3. The van der Waals surface area contributed by atoms with Crippen LogP contribution in [0.4, 0.5) is 13.2 Å². The highest BCUT2D eigenvalue weighted by atomic mass is 19.4. The topological polar surface area (TPSA) is 103 Å². The fourth-order valence-corrected chi connectivity index (χ4v) is 3.40. The number of nitrogens with zero attached hydrogens (tertiary/aromatic N) is 1. The first-order valence-corrected chi connectivity index (χ1v) is 8.52. The van der Waals surface area contributed by atoms with Crippen LogP contribution in [0.25, 0.3) is 17.0 Å². The van der Waals surface area contributed by atoms with Gasteiger partial charge in [0.05, 0.1) is 12.5 Å². The van der Waals surface area contributed by atoms with Gasteiger partial charge in [-0.3, -0.25) is 9.79 Å². The maximum atomic E-state index is 11.2. The fourth-order valence-electron chi connectivity index (χ4n) is 3.40. The van der Waals surface area contributed by atoms with Crippen molar-refractivity contribution in [1.29, 1.82) is 0 Å². The summed E-state index contributed by atoms with van der Waals surface area (Å²) in [5.74, 6) is -3.61. The van der Waals surface area contributed by atoms with E-state index in [0.717, 1.165) is 23.2 Å². The first-order chi connectivity index (χ1) is 13.2. The van der Waals surface area contributed by atoms with Crippen LogP contribution in [0.2, 0.25) is 0 Å². The number of alkyl halides is 3. The Hall–Kier alpha value is -3.10. The average molecular weight is 394 g/mol. The molecule has 1 aliphatic heterocycles. The number of fused-ring (bicyclic) bond motifs is 4. The van der Waals surface area contributed by atoms with Crippen LogP contribution >= 0.6 is 0 Å². The van der Waals surface area contributed by atoms with Gasteiger partial charge in [0, 0.05) is 34.3 Å². The lowest BCUT2D eigenvalue weighted by Gasteiger charge is -2.26. The number of aliphatic imine (C=N–C) groups is 1. The van der Waals surface area contributed by atoms with Crippen molar-refractivity contribution in [2.24, 2.45) is 16.8 Å². The Morgan fingerprint density at radius 3 is 2.57 bits per heavy atom. The van der Waals surface area contributed by atoms with Crippen molar-refractivity contribution in [2.75, 3.05) is 6.54 Å². The summed E-state index contributed by atoms with van der Waals surface area (Å²) in [7, 11) is 0. The Labute approximate surface area is 157 Å². The van der Waals surface area contributed by atoms with E-state index in [1.165, 1.54) is 10.9 Å². The van der Waals surface area contributed by atoms with Gasteiger partial charge in [0.15, 0.2) is 0 Å². The molecule has 0 bridgehead atoms. The lowest BCUT2D eigenvalue weighted by Crippen LogP contribution is -2.30. The molecular formula is C19H17F3N2O4. The molecule has 2 aromatic rings. The van der Waals surface area contributed by atoms with Gasteiger partial charge in [-0.2, -0.15) is 13.2 Å². The third-order valence-electron chi connectivity index (χ3n) is 4.75. The molecule has 6 nitrogen and oxygen atoms in total. The Kier molecular flexibility index (Phi) is 5.26. The molecule has 1 aromatic carbocycles. The van der Waals surface area contributed by atoms with E-state index in [0.29, 0.717) is 13.0 Å². The summed E-state index contributed by atoms with van der Waals surface area (Å²) < 4.78 is 31.7. The number of hydrogen-bond donors (Lipinski definition) is 3. The predicted molar refractivity (Wildman–Crippen MR) is 96.3 cm³/mol. The minimum atomic E-state index is -5.08. The monoisotopic (exact) mass is 394 g/mol. The number of aliphatic carboxylic acids is 2. The Balaban J connectivity index is 0.000000279. The maximum absolute atomic E-state index is 11.2. The number of aromatic nitrogens is 1. The van der Waals surface area contributed by atoms with Crippen molar-refractivity contribution in [2.45, 2.75) is 19.0 Å². The van der Waals surface area contributed by atoms with Crippen LogP contribution in [-0.4, -0.2) is 45.6 Å². The van der Waals surface area contributed by atoms with Crippen LogP contribution in [0.5, 0.6) is 0 Å². The van der Waals surface area contributed by atoms with Crippen molar-refractivity contribution in [1.82, 2.24) is 4.98 Å². The Morgan fingerprint density at radius 1 is 1.21 bits per heavy atom. The van der Waals surface area contributed by atoms with E-state index in [2.05, 4.69) is 40.3 Å². The molecule has 0 saturated heterocycles. The molecule has 0 saturated carbocycles. The van der Waals surface area contributed by atoms with E-state index < -0.39 is 18.1 Å². The SMILES string of the molecule is O=C(O)C(F)(F)F.O=C(O)C1CN=C2c3cc4cc[nH]c4cc3C=CCC2C1. The van der Waals surface area contributed by atoms with Gasteiger partial charge in [-0.1, -0.05) is 12.2 Å². The molecule has 0 spiro atoms. The van der Waals surface area contributed by atoms with Crippen LogP contribution in [0.15, 0.2) is 35.5 Å². The molecule has 0 fully saturated rings. The van der Waals surface area contributed by atoms with Gasteiger partial charge < -0.3 is 15.2 Å². The summed E-state index contributed by atoms with van der Waals surface area (Å²) in [6.45, 7) is 0.395. The van der Waals surface area contributed by atoms with E-state index in [-0.39, 0.29) is 11.8 Å².